The molecule has 82 valence electrons. The summed E-state index contributed by atoms with van der Waals surface area (Å²) in [4.78, 5) is 13.0. The van der Waals surface area contributed by atoms with Gasteiger partial charge in [0.2, 0.25) is 5.91 Å². The highest BCUT2D eigenvalue weighted by Crippen LogP contribution is 2.10. The summed E-state index contributed by atoms with van der Waals surface area (Å²) in [5.74, 6) is -0.164. The first-order valence-corrected chi connectivity index (χ1v) is 5.80. The van der Waals surface area contributed by atoms with Gasteiger partial charge < -0.3 is 10.6 Å². The van der Waals surface area contributed by atoms with Gasteiger partial charge in [0, 0.05) is 6.42 Å². The van der Waals surface area contributed by atoms with Crippen LogP contribution in [0.1, 0.15) is 44.9 Å². The van der Waals surface area contributed by atoms with Crippen LogP contribution in [0.4, 0.5) is 0 Å². The average Bonchev–Trinajstić information content (AvgIpc) is 2.18. The fourth-order valence-electron chi connectivity index (χ4n) is 1.99. The van der Waals surface area contributed by atoms with Gasteiger partial charge in [0.15, 0.2) is 0 Å². The SMILES string of the molecule is NC(=O)CCCCCN1CCCCC1. The molecule has 3 nitrogen and oxygen atoms in total. The summed E-state index contributed by atoms with van der Waals surface area (Å²) in [6.07, 6.45) is 8.00. The monoisotopic (exact) mass is 198 g/mol. The lowest BCUT2D eigenvalue weighted by atomic mass is 10.1. The second kappa shape index (κ2) is 6.82. The zero-order valence-corrected chi connectivity index (χ0v) is 9.00. The van der Waals surface area contributed by atoms with E-state index in [-0.39, 0.29) is 5.91 Å². The molecule has 0 atom stereocenters. The molecule has 1 aliphatic rings. The molecule has 0 aliphatic carbocycles. The minimum absolute atomic E-state index is 0.164. The lowest BCUT2D eigenvalue weighted by molar-refractivity contribution is -0.118. The number of likely N-dealkylation sites (tertiary alicyclic amines) is 1. The summed E-state index contributed by atoms with van der Waals surface area (Å²) in [7, 11) is 0. The maximum absolute atomic E-state index is 10.5. The first-order chi connectivity index (χ1) is 6.79. The molecule has 14 heavy (non-hydrogen) atoms. The number of hydrogen-bond acceptors (Lipinski definition) is 2. The van der Waals surface area contributed by atoms with Gasteiger partial charge in [0.25, 0.3) is 0 Å². The second-order valence-corrected chi connectivity index (χ2v) is 4.18. The summed E-state index contributed by atoms with van der Waals surface area (Å²) >= 11 is 0. The van der Waals surface area contributed by atoms with E-state index in [0.29, 0.717) is 6.42 Å². The normalized spacial score (nSPS) is 18.3. The molecular formula is C11H22N2O. The molecule has 1 heterocycles. The number of amides is 1. The lowest BCUT2D eigenvalue weighted by Crippen LogP contribution is -2.30. The van der Waals surface area contributed by atoms with Gasteiger partial charge in [-0.3, -0.25) is 4.79 Å². The average molecular weight is 198 g/mol. The van der Waals surface area contributed by atoms with E-state index in [4.69, 9.17) is 5.73 Å². The largest absolute Gasteiger partial charge is 0.370 e. The number of nitrogens with two attached hydrogens (primary N) is 1. The number of rotatable bonds is 6. The van der Waals surface area contributed by atoms with E-state index in [0.717, 1.165) is 12.8 Å². The van der Waals surface area contributed by atoms with Crippen molar-refractivity contribution in [3.8, 4) is 0 Å². The highest BCUT2D eigenvalue weighted by atomic mass is 16.1. The van der Waals surface area contributed by atoms with Crippen molar-refractivity contribution < 1.29 is 4.79 Å². The topological polar surface area (TPSA) is 46.3 Å². The van der Waals surface area contributed by atoms with Crippen molar-refractivity contribution in [2.45, 2.75) is 44.9 Å². The molecular weight excluding hydrogens is 176 g/mol. The Bertz CT molecular complexity index is 165. The van der Waals surface area contributed by atoms with Gasteiger partial charge in [0.05, 0.1) is 0 Å². The molecule has 0 aromatic rings. The number of primary amides is 1. The van der Waals surface area contributed by atoms with Crippen LogP contribution in [-0.4, -0.2) is 30.4 Å². The number of piperidine rings is 1. The molecule has 0 aromatic heterocycles. The van der Waals surface area contributed by atoms with Crippen LogP contribution in [0.2, 0.25) is 0 Å². The van der Waals surface area contributed by atoms with Crippen LogP contribution in [-0.2, 0) is 4.79 Å². The zero-order valence-electron chi connectivity index (χ0n) is 9.00. The molecule has 1 saturated heterocycles. The Labute approximate surface area is 86.6 Å². The number of hydrogen-bond donors (Lipinski definition) is 1. The summed E-state index contributed by atoms with van der Waals surface area (Å²) in [5, 5.41) is 0. The fraction of sp³-hybridized carbons (Fsp3) is 0.909. The van der Waals surface area contributed by atoms with Crippen LogP contribution < -0.4 is 5.73 Å². The van der Waals surface area contributed by atoms with Crippen molar-refractivity contribution in [2.75, 3.05) is 19.6 Å². The van der Waals surface area contributed by atoms with Crippen LogP contribution in [0.25, 0.3) is 0 Å². The van der Waals surface area contributed by atoms with E-state index in [1.807, 2.05) is 0 Å². The number of unbranched alkanes of at least 4 members (excludes halogenated alkanes) is 2. The number of carbonyl (C=O) groups excluding carboxylic acids is 1. The van der Waals surface area contributed by atoms with Crippen molar-refractivity contribution in [2.24, 2.45) is 5.73 Å². The summed E-state index contributed by atoms with van der Waals surface area (Å²) in [5.41, 5.74) is 5.07. The Hall–Kier alpha value is -0.570. The summed E-state index contributed by atoms with van der Waals surface area (Å²) < 4.78 is 0. The van der Waals surface area contributed by atoms with E-state index < -0.39 is 0 Å². The molecule has 1 rings (SSSR count). The highest BCUT2D eigenvalue weighted by molar-refractivity contribution is 5.73. The van der Waals surface area contributed by atoms with Gasteiger partial charge in [-0.1, -0.05) is 12.8 Å². The Morgan fingerprint density at radius 2 is 1.79 bits per heavy atom. The first-order valence-electron chi connectivity index (χ1n) is 5.80. The smallest absolute Gasteiger partial charge is 0.217 e. The van der Waals surface area contributed by atoms with Crippen molar-refractivity contribution >= 4 is 5.91 Å². The molecule has 1 fully saturated rings. The third kappa shape index (κ3) is 5.22. The third-order valence-corrected chi connectivity index (χ3v) is 2.85. The van der Waals surface area contributed by atoms with Crippen LogP contribution >= 0.6 is 0 Å². The van der Waals surface area contributed by atoms with Gasteiger partial charge in [0.1, 0.15) is 0 Å². The van der Waals surface area contributed by atoms with Gasteiger partial charge in [-0.25, -0.2) is 0 Å². The molecule has 3 heteroatoms. The molecule has 0 saturated carbocycles. The summed E-state index contributed by atoms with van der Waals surface area (Å²) in [6.45, 7) is 3.75. The standard InChI is InChI=1S/C11H22N2O/c12-11(14)7-3-1-4-8-13-9-5-2-6-10-13/h1-10H2,(H2,12,14). The molecule has 2 N–H and O–H groups in total. The fourth-order valence-corrected chi connectivity index (χ4v) is 1.99. The minimum Gasteiger partial charge on any atom is -0.370 e. The van der Waals surface area contributed by atoms with E-state index >= 15 is 0 Å². The van der Waals surface area contributed by atoms with Crippen molar-refractivity contribution in [3.05, 3.63) is 0 Å². The molecule has 0 spiro atoms. The molecule has 1 amide bonds. The number of nitrogens with zero attached hydrogens (tertiary/aromatic N) is 1. The molecule has 0 radical (unpaired) electrons. The Morgan fingerprint density at radius 1 is 1.07 bits per heavy atom. The molecule has 0 bridgehead atoms. The predicted octanol–water partition coefficient (Wildman–Crippen LogP) is 1.52. The van der Waals surface area contributed by atoms with Crippen molar-refractivity contribution in [1.29, 1.82) is 0 Å². The molecule has 0 unspecified atom stereocenters. The quantitative estimate of drug-likeness (QED) is 0.658. The van der Waals surface area contributed by atoms with Gasteiger partial charge in [-0.05, 0) is 45.3 Å². The van der Waals surface area contributed by atoms with E-state index in [1.165, 1.54) is 45.3 Å². The minimum atomic E-state index is -0.164. The first kappa shape index (κ1) is 11.5. The predicted molar refractivity (Wildman–Crippen MR) is 58.0 cm³/mol. The van der Waals surface area contributed by atoms with E-state index in [9.17, 15) is 4.79 Å². The Kier molecular flexibility index (Phi) is 5.60. The Morgan fingerprint density at radius 3 is 2.43 bits per heavy atom. The van der Waals surface area contributed by atoms with Gasteiger partial charge >= 0.3 is 0 Å². The van der Waals surface area contributed by atoms with Gasteiger partial charge in [-0.15, -0.1) is 0 Å². The maximum Gasteiger partial charge on any atom is 0.217 e. The maximum atomic E-state index is 10.5. The third-order valence-electron chi connectivity index (χ3n) is 2.85. The van der Waals surface area contributed by atoms with Crippen LogP contribution in [0, 0.1) is 0 Å². The van der Waals surface area contributed by atoms with Gasteiger partial charge in [-0.2, -0.15) is 0 Å². The Balaban J connectivity index is 1.90. The van der Waals surface area contributed by atoms with E-state index in [2.05, 4.69) is 4.90 Å². The lowest BCUT2D eigenvalue weighted by Gasteiger charge is -2.26. The van der Waals surface area contributed by atoms with Crippen LogP contribution in [0.3, 0.4) is 0 Å². The van der Waals surface area contributed by atoms with Crippen LogP contribution in [0.5, 0.6) is 0 Å². The van der Waals surface area contributed by atoms with E-state index in [1.54, 1.807) is 0 Å². The van der Waals surface area contributed by atoms with Crippen molar-refractivity contribution in [3.63, 3.8) is 0 Å². The molecule has 0 aromatic carbocycles. The van der Waals surface area contributed by atoms with Crippen LogP contribution in [0.15, 0.2) is 0 Å². The highest BCUT2D eigenvalue weighted by Gasteiger charge is 2.08. The second-order valence-electron chi connectivity index (χ2n) is 4.18. The zero-order chi connectivity index (χ0) is 10.2. The molecule has 1 aliphatic heterocycles. The van der Waals surface area contributed by atoms with Crippen molar-refractivity contribution in [1.82, 2.24) is 4.90 Å². The summed E-state index contributed by atoms with van der Waals surface area (Å²) in [6, 6.07) is 0. The number of carbonyl (C=O) groups is 1.